The molecule has 0 aliphatic carbocycles. The number of ether oxygens (including phenoxy) is 9. The SMILES string of the molecule is CNc1nc(Cl)ncc1C(F)(F)F.CNc1nc(Nc2ccc(C(=O)N3CCN(CCOCCOCCOCCCc4cccc5c4C(=O)N(C4CCC(=O)NC4=O)C5=O)CC3)cc2OC)ncc1C.CNc1nc(Nc2ccc(C(=O)O)cc2OC)ncc1C(F)(F)F.COc1cc(C(=O)O)ccc1N.O=C1CCC(N2C(=O)c3cccc(NCCOCCOCCOCCN4CCNCC4)c3C2=O)C(=O)N1. The minimum atomic E-state index is -4.59. The van der Waals surface area contributed by atoms with E-state index in [1.165, 1.54) is 64.7 Å². The second-order valence-electron chi connectivity index (χ2n) is 31.9. The van der Waals surface area contributed by atoms with Crippen molar-refractivity contribution in [3.8, 4) is 17.2 Å². The summed E-state index contributed by atoms with van der Waals surface area (Å²) < 4.78 is 124. The summed E-state index contributed by atoms with van der Waals surface area (Å²) in [6.45, 7) is 16.7. The number of carbonyl (C=O) groups excluding carboxylic acids is 9. The average molecular weight is 2030 g/mol. The molecule has 0 saturated carbocycles. The van der Waals surface area contributed by atoms with Crippen LogP contribution in [-0.4, -0.2) is 336 Å². The molecule has 3 aromatic heterocycles. The first kappa shape index (κ1) is 111. The van der Waals surface area contributed by atoms with Gasteiger partial charge < -0.3 is 101 Å². The smallest absolute Gasteiger partial charge is 0.421 e. The van der Waals surface area contributed by atoms with Crippen LogP contribution in [0.3, 0.4) is 0 Å². The van der Waals surface area contributed by atoms with Crippen LogP contribution in [0.25, 0.3) is 0 Å². The summed E-state index contributed by atoms with van der Waals surface area (Å²) in [6.07, 6.45) is -4.47. The van der Waals surface area contributed by atoms with Gasteiger partial charge in [-0.05, 0) is 123 Å². The zero-order valence-corrected chi connectivity index (χ0v) is 80.0. The van der Waals surface area contributed by atoms with Crippen molar-refractivity contribution in [2.45, 2.75) is 69.9 Å². The molecule has 9 amide bonds. The molecule has 6 aliphatic rings. The van der Waals surface area contributed by atoms with Crippen LogP contribution in [0.2, 0.25) is 5.28 Å². The molecule has 13 N–H and O–H groups in total. The van der Waals surface area contributed by atoms with Gasteiger partial charge in [-0.15, -0.1) is 0 Å². The zero-order chi connectivity index (χ0) is 103. The number of piperidine rings is 2. The van der Waals surface area contributed by atoms with E-state index in [1.54, 1.807) is 68.9 Å². The molecule has 2 unspecified atom stereocenters. The standard InChI is InChI=1S/C40H50N8O9.C25H35N5O7.C14H13F3N4O3.C8H9NO3.C6H5ClF3N3/c1-26-25-42-40(45-35(26)41-2)43-30-10-9-28(24-32(30)54-3)37(51)47-15-13-46(14-16-47)17-19-56-21-23-57-22-20-55-18-5-7-27-6-4-8-29-34(27)39(53)48(38(29)52)31-11-12-33(49)44-36(31)50;31-21-5-4-20(23(32)28-21)30-24(33)18-2-1-3-19(22(18)25(30)34)27-8-12-35-14-16-37-17-15-36-13-11-29-9-6-26-7-10-29;1-18-11-8(14(15,16)17)6-19-13(21-11)20-9-4-3-7(12(22)23)5-10(9)24-2;1-12-7-4-5(8(10)11)2-3-6(7)9;1-11-4-3(6(8,9)10)2-12-5(7)13-4/h4,6,8-10,24-25,31H,5,7,11-23H2,1-3H3,(H,44,49,50)(H2,41,42,43,45);1-3,20,26-27H,4-17H2,(H,28,31,32);3-6H,1-2H3,(H,22,23)(H2,18,19,20,21);2-4H,9H2,1H3,(H,10,11);2H,1H3,(H,11,12,13). The predicted octanol–water partition coefficient (Wildman–Crippen LogP) is 8.03. The van der Waals surface area contributed by atoms with E-state index in [2.05, 4.69) is 87.6 Å². The molecule has 43 nitrogen and oxygen atoms in total. The number of aromatic nitrogens is 6. The normalized spacial score (nSPS) is 15.8. The second-order valence-corrected chi connectivity index (χ2v) is 32.2. The number of carboxylic acids is 2. The third-order valence-corrected chi connectivity index (χ3v) is 22.7. The monoisotopic (exact) mass is 2020 g/mol. The van der Waals surface area contributed by atoms with Gasteiger partial charge in [0.15, 0.2) is 0 Å². The number of anilines is 9. The van der Waals surface area contributed by atoms with Crippen molar-refractivity contribution < 1.29 is 132 Å². The summed E-state index contributed by atoms with van der Waals surface area (Å²) >= 11 is 5.32. The van der Waals surface area contributed by atoms with E-state index in [0.29, 0.717) is 175 Å². The molecule has 8 aromatic rings. The fourth-order valence-corrected chi connectivity index (χ4v) is 15.3. The topological polar surface area (TPSA) is 539 Å². The number of rotatable bonds is 41. The van der Waals surface area contributed by atoms with Crippen LogP contribution in [0, 0.1) is 6.92 Å². The molecule has 770 valence electrons. The predicted molar refractivity (Wildman–Crippen MR) is 508 cm³/mol. The first-order valence-electron chi connectivity index (χ1n) is 45.1. The highest BCUT2D eigenvalue weighted by atomic mass is 35.5. The van der Waals surface area contributed by atoms with Crippen LogP contribution in [0.4, 0.5) is 78.4 Å². The highest BCUT2D eigenvalue weighted by Crippen LogP contribution is 2.39. The average Bonchev–Trinajstić information content (AvgIpc) is 1.60. The van der Waals surface area contributed by atoms with Crippen molar-refractivity contribution in [1.82, 2.24) is 70.4 Å². The molecule has 4 saturated heterocycles. The number of alkyl halides is 6. The number of nitrogens with two attached hydrogens (primary N) is 1. The molecule has 2 atom stereocenters. The number of fused-ring (bicyclic) bond motifs is 2. The lowest BCUT2D eigenvalue weighted by Gasteiger charge is -2.34. The molecule has 0 spiro atoms. The quantitative estimate of drug-likeness (QED) is 0.00567. The number of carboxylic acid groups (broad SMARTS) is 2. The molecule has 5 aromatic carbocycles. The second kappa shape index (κ2) is 54.2. The Hall–Kier alpha value is -14.2. The van der Waals surface area contributed by atoms with Crippen LogP contribution in [0.1, 0.15) is 127 Å². The van der Waals surface area contributed by atoms with Gasteiger partial charge in [0, 0.05) is 148 Å². The van der Waals surface area contributed by atoms with Gasteiger partial charge in [-0.2, -0.15) is 36.3 Å². The third-order valence-electron chi connectivity index (χ3n) is 22.5. The van der Waals surface area contributed by atoms with Crippen molar-refractivity contribution in [3.05, 3.63) is 176 Å². The molecule has 50 heteroatoms. The van der Waals surface area contributed by atoms with E-state index in [0.717, 1.165) is 79.1 Å². The fraction of sp³-hybridized carbons (Fsp3) is 0.430. The van der Waals surface area contributed by atoms with E-state index in [4.69, 9.17) is 70.2 Å². The Labute approximate surface area is 822 Å². The third kappa shape index (κ3) is 31.4. The molecule has 0 bridgehead atoms. The van der Waals surface area contributed by atoms with Crippen molar-refractivity contribution in [2.75, 3.05) is 231 Å². The van der Waals surface area contributed by atoms with Crippen LogP contribution in [-0.2, 0) is 66.4 Å². The van der Waals surface area contributed by atoms with E-state index in [9.17, 15) is 79.1 Å². The summed E-state index contributed by atoms with van der Waals surface area (Å²) in [7, 11) is 8.78. The first-order valence-corrected chi connectivity index (χ1v) is 45.5. The summed E-state index contributed by atoms with van der Waals surface area (Å²) in [5, 5.41) is 41.8. The largest absolute Gasteiger partial charge is 0.495 e. The van der Waals surface area contributed by atoms with E-state index in [-0.39, 0.29) is 88.0 Å². The van der Waals surface area contributed by atoms with Crippen molar-refractivity contribution in [2.24, 2.45) is 0 Å². The van der Waals surface area contributed by atoms with Gasteiger partial charge in [0.25, 0.3) is 29.5 Å². The van der Waals surface area contributed by atoms with Crippen LogP contribution in [0.5, 0.6) is 17.2 Å². The number of piperazine rings is 2. The summed E-state index contributed by atoms with van der Waals surface area (Å²) in [5.74, 6) is -4.90. The number of hydrogen-bond donors (Lipinski definition) is 12. The van der Waals surface area contributed by atoms with Crippen LogP contribution >= 0.6 is 11.6 Å². The molecule has 143 heavy (non-hydrogen) atoms. The van der Waals surface area contributed by atoms with E-state index >= 15 is 0 Å². The Morgan fingerprint density at radius 1 is 0.497 bits per heavy atom. The molecule has 9 heterocycles. The Morgan fingerprint density at radius 2 is 0.937 bits per heavy atom. The highest BCUT2D eigenvalue weighted by Gasteiger charge is 2.48. The minimum absolute atomic E-state index is 0.00153. The van der Waals surface area contributed by atoms with Gasteiger partial charge in [0.2, 0.25) is 40.8 Å². The lowest BCUT2D eigenvalue weighted by Crippen LogP contribution is -2.54. The van der Waals surface area contributed by atoms with Crippen molar-refractivity contribution in [3.63, 3.8) is 0 Å². The molecule has 14 rings (SSSR count). The van der Waals surface area contributed by atoms with Crippen LogP contribution < -0.4 is 67.8 Å². The number of imide groups is 4. The number of methoxy groups -OCH3 is 3. The summed E-state index contributed by atoms with van der Waals surface area (Å²) in [4.78, 5) is 166. The maximum atomic E-state index is 13.3. The maximum Gasteiger partial charge on any atom is 0.421 e. The molecular weight excluding hydrogens is 1910 g/mol. The summed E-state index contributed by atoms with van der Waals surface area (Å²) in [5.41, 5.74) is 8.90. The number of halogens is 7. The van der Waals surface area contributed by atoms with E-state index < -0.39 is 94.8 Å². The maximum absolute atomic E-state index is 13.3. The number of amides is 9. The molecule has 6 aliphatic heterocycles. The van der Waals surface area contributed by atoms with Gasteiger partial charge in [-0.25, -0.2) is 29.5 Å². The van der Waals surface area contributed by atoms with Gasteiger partial charge in [0.1, 0.15) is 57.9 Å². The lowest BCUT2D eigenvalue weighted by atomic mass is 9.99. The van der Waals surface area contributed by atoms with Gasteiger partial charge >= 0.3 is 24.3 Å². The minimum Gasteiger partial charge on any atom is -0.495 e. The number of benzene rings is 5. The number of hydrogen-bond acceptors (Lipinski definition) is 36. The Kier molecular flexibility index (Phi) is 42.0. The van der Waals surface area contributed by atoms with Crippen molar-refractivity contribution in [1.29, 1.82) is 0 Å². The fourth-order valence-electron chi connectivity index (χ4n) is 15.1. The number of nitrogens with zero attached hydrogens (tertiary/aromatic N) is 11. The Morgan fingerprint density at radius 3 is 1.45 bits per heavy atom. The number of nitrogens with one attached hydrogen (secondary N) is 9. The summed E-state index contributed by atoms with van der Waals surface area (Å²) in [6, 6.07) is 21.7. The Balaban J connectivity index is 0.000000207. The van der Waals surface area contributed by atoms with E-state index in [1.807, 2.05) is 17.9 Å². The highest BCUT2D eigenvalue weighted by molar-refractivity contribution is 6.28. The first-order chi connectivity index (χ1) is 68.6. The zero-order valence-electron chi connectivity index (χ0n) is 79.3. The van der Waals surface area contributed by atoms with Gasteiger partial charge in [0.05, 0.1) is 144 Å². The van der Waals surface area contributed by atoms with Crippen LogP contribution in [0.15, 0.2) is 110 Å². The number of carbonyl (C=O) groups is 11. The molecule has 4 fully saturated rings. The van der Waals surface area contributed by atoms with Gasteiger partial charge in [-0.3, -0.25) is 73.4 Å². The Bertz CT molecular complexity index is 5790. The number of nitrogen functional groups attached to an aromatic ring is 1. The van der Waals surface area contributed by atoms with Crippen molar-refractivity contribution >= 4 is 129 Å². The molecular formula is C93H112ClF6N21O22. The molecule has 0 radical (unpaired) electrons. The number of aromatic carboxylic acids is 2. The lowest BCUT2D eigenvalue weighted by molar-refractivity contribution is -0.138. The number of aryl methyl sites for hydroxylation is 2. The van der Waals surface area contributed by atoms with Gasteiger partial charge in [-0.1, -0.05) is 18.2 Å².